The van der Waals surface area contributed by atoms with Gasteiger partial charge in [0.1, 0.15) is 5.56 Å². The van der Waals surface area contributed by atoms with Crippen molar-refractivity contribution >= 4 is 11.8 Å². The monoisotopic (exact) mass is 483 g/mol. The third-order valence-corrected chi connectivity index (χ3v) is 6.09. The van der Waals surface area contributed by atoms with Crippen molar-refractivity contribution in [3.63, 3.8) is 0 Å². The van der Waals surface area contributed by atoms with E-state index in [0.717, 1.165) is 22.3 Å². The van der Waals surface area contributed by atoms with Gasteiger partial charge in [-0.15, -0.1) is 0 Å². The number of carbonyl (C=O) groups excluding carboxylic acids is 2. The minimum absolute atomic E-state index is 0.0487. The standard InChI is InChI=1S/C26H24F3N3O3/c1-15-19(24(34)31(2)3)13-21(23(33)30-22-14-20(22)16-8-5-4-6-9-16)25(35)32(15)18-11-7-10-17(12-18)26(27,28)29/h4-13,20,22H,14H2,1-3H3,(H,30,33)/t20-,22?/m1/s1. The molecule has 0 saturated heterocycles. The molecule has 0 radical (unpaired) electrons. The first-order chi connectivity index (χ1) is 16.5. The van der Waals surface area contributed by atoms with Crippen LogP contribution in [0.4, 0.5) is 13.2 Å². The van der Waals surface area contributed by atoms with Gasteiger partial charge in [0.05, 0.1) is 11.1 Å². The summed E-state index contributed by atoms with van der Waals surface area (Å²) in [5.41, 5.74) is -0.889. The van der Waals surface area contributed by atoms with Crippen LogP contribution in [0, 0.1) is 6.92 Å². The molecule has 1 heterocycles. The van der Waals surface area contributed by atoms with Crippen molar-refractivity contribution in [3.8, 4) is 5.69 Å². The molecule has 1 N–H and O–H groups in total. The molecule has 2 amide bonds. The van der Waals surface area contributed by atoms with Crippen LogP contribution in [-0.4, -0.2) is 41.4 Å². The fourth-order valence-corrected chi connectivity index (χ4v) is 4.13. The number of aromatic nitrogens is 1. The predicted octanol–water partition coefficient (Wildman–Crippen LogP) is 4.15. The maximum Gasteiger partial charge on any atom is 0.416 e. The summed E-state index contributed by atoms with van der Waals surface area (Å²) < 4.78 is 40.9. The van der Waals surface area contributed by atoms with Crippen molar-refractivity contribution in [3.05, 3.63) is 99.0 Å². The zero-order valence-corrected chi connectivity index (χ0v) is 19.4. The number of carbonyl (C=O) groups is 2. The number of benzene rings is 2. The van der Waals surface area contributed by atoms with Crippen molar-refractivity contribution in [2.45, 2.75) is 31.5 Å². The quantitative estimate of drug-likeness (QED) is 0.593. The Morgan fingerprint density at radius 2 is 1.69 bits per heavy atom. The fraction of sp³-hybridized carbons (Fsp3) is 0.269. The van der Waals surface area contributed by atoms with E-state index >= 15 is 0 Å². The average molecular weight is 483 g/mol. The topological polar surface area (TPSA) is 71.4 Å². The van der Waals surface area contributed by atoms with Gasteiger partial charge in [-0.1, -0.05) is 36.4 Å². The van der Waals surface area contributed by atoms with Gasteiger partial charge in [0.2, 0.25) is 0 Å². The highest BCUT2D eigenvalue weighted by atomic mass is 19.4. The van der Waals surface area contributed by atoms with Gasteiger partial charge in [0, 0.05) is 37.4 Å². The molecule has 0 spiro atoms. The Hall–Kier alpha value is -3.88. The van der Waals surface area contributed by atoms with E-state index in [1.807, 2.05) is 30.3 Å². The van der Waals surface area contributed by atoms with E-state index in [-0.39, 0.29) is 34.5 Å². The summed E-state index contributed by atoms with van der Waals surface area (Å²) in [6.45, 7) is 1.46. The number of hydrogen-bond acceptors (Lipinski definition) is 3. The second kappa shape index (κ2) is 9.05. The maximum atomic E-state index is 13.4. The summed E-state index contributed by atoms with van der Waals surface area (Å²) in [5, 5.41) is 2.83. The third-order valence-electron chi connectivity index (χ3n) is 6.09. The van der Waals surface area contributed by atoms with Gasteiger partial charge >= 0.3 is 6.18 Å². The van der Waals surface area contributed by atoms with Gasteiger partial charge in [0.25, 0.3) is 17.4 Å². The van der Waals surface area contributed by atoms with Crippen LogP contribution in [0.1, 0.15) is 49.9 Å². The van der Waals surface area contributed by atoms with E-state index in [4.69, 9.17) is 0 Å². The predicted molar refractivity (Wildman–Crippen MR) is 125 cm³/mol. The Bertz CT molecular complexity index is 1350. The maximum absolute atomic E-state index is 13.4. The summed E-state index contributed by atoms with van der Waals surface area (Å²) in [7, 11) is 3.02. The van der Waals surface area contributed by atoms with Gasteiger partial charge in [-0.3, -0.25) is 19.0 Å². The number of amides is 2. The molecule has 4 rings (SSSR count). The zero-order chi connectivity index (χ0) is 25.5. The van der Waals surface area contributed by atoms with E-state index in [1.54, 1.807) is 0 Å². The van der Waals surface area contributed by atoms with Crippen molar-refractivity contribution in [1.82, 2.24) is 14.8 Å². The van der Waals surface area contributed by atoms with E-state index in [2.05, 4.69) is 5.32 Å². The Labute approximate surface area is 200 Å². The lowest BCUT2D eigenvalue weighted by molar-refractivity contribution is -0.137. The molecular weight excluding hydrogens is 459 g/mol. The molecule has 35 heavy (non-hydrogen) atoms. The molecule has 6 nitrogen and oxygen atoms in total. The van der Waals surface area contributed by atoms with Crippen LogP contribution >= 0.6 is 0 Å². The number of nitrogens with one attached hydrogen (secondary N) is 1. The highest BCUT2D eigenvalue weighted by Gasteiger charge is 2.40. The fourth-order valence-electron chi connectivity index (χ4n) is 4.13. The first-order valence-corrected chi connectivity index (χ1v) is 11.0. The van der Waals surface area contributed by atoms with Crippen LogP contribution in [0.5, 0.6) is 0 Å². The molecule has 1 aromatic heterocycles. The van der Waals surface area contributed by atoms with Crippen LogP contribution in [0.25, 0.3) is 5.69 Å². The molecule has 3 aromatic rings. The average Bonchev–Trinajstić information content (AvgIpc) is 3.58. The Kier molecular flexibility index (Phi) is 6.27. The molecule has 1 aliphatic carbocycles. The number of rotatable bonds is 5. The van der Waals surface area contributed by atoms with Gasteiger partial charge in [-0.25, -0.2) is 0 Å². The van der Waals surface area contributed by atoms with E-state index < -0.39 is 29.1 Å². The third kappa shape index (κ3) is 4.84. The van der Waals surface area contributed by atoms with E-state index in [1.165, 1.54) is 44.1 Å². The van der Waals surface area contributed by atoms with Crippen LogP contribution in [0.15, 0.2) is 65.5 Å². The van der Waals surface area contributed by atoms with Crippen LogP contribution in [-0.2, 0) is 6.18 Å². The lowest BCUT2D eigenvalue weighted by atomic mass is 10.1. The molecule has 1 aliphatic rings. The number of halogens is 3. The van der Waals surface area contributed by atoms with E-state index in [0.29, 0.717) is 6.42 Å². The second-order valence-corrected chi connectivity index (χ2v) is 8.78. The minimum atomic E-state index is -4.62. The number of alkyl halides is 3. The van der Waals surface area contributed by atoms with Gasteiger partial charge in [-0.05, 0) is 43.2 Å². The lowest BCUT2D eigenvalue weighted by Gasteiger charge is -2.19. The molecule has 2 aromatic carbocycles. The van der Waals surface area contributed by atoms with Crippen molar-refractivity contribution in [2.24, 2.45) is 0 Å². The second-order valence-electron chi connectivity index (χ2n) is 8.78. The van der Waals surface area contributed by atoms with Gasteiger partial charge in [-0.2, -0.15) is 13.2 Å². The number of pyridine rings is 1. The molecule has 1 saturated carbocycles. The Morgan fingerprint density at radius 1 is 1.00 bits per heavy atom. The molecule has 1 unspecified atom stereocenters. The molecule has 0 bridgehead atoms. The highest BCUT2D eigenvalue weighted by Crippen LogP contribution is 2.40. The molecule has 182 valence electrons. The first-order valence-electron chi connectivity index (χ1n) is 11.0. The number of nitrogens with zero attached hydrogens (tertiary/aromatic N) is 2. The normalized spacial score (nSPS) is 17.1. The summed E-state index contributed by atoms with van der Waals surface area (Å²) in [5.74, 6) is -1.04. The van der Waals surface area contributed by atoms with Crippen molar-refractivity contribution in [1.29, 1.82) is 0 Å². The van der Waals surface area contributed by atoms with E-state index in [9.17, 15) is 27.6 Å². The molecular formula is C26H24F3N3O3. The van der Waals surface area contributed by atoms with Gasteiger partial charge in [0.15, 0.2) is 0 Å². The largest absolute Gasteiger partial charge is 0.416 e. The van der Waals surface area contributed by atoms with Crippen molar-refractivity contribution in [2.75, 3.05) is 14.1 Å². The Balaban J connectivity index is 1.77. The first kappa shape index (κ1) is 24.3. The SMILES string of the molecule is Cc1c(C(=O)N(C)C)cc(C(=O)NC2C[C@@H]2c2ccccc2)c(=O)n1-c1cccc(C(F)(F)F)c1. The molecule has 9 heteroatoms. The number of hydrogen-bond donors (Lipinski definition) is 1. The summed E-state index contributed by atoms with van der Waals surface area (Å²) in [6, 6.07) is 14.9. The Morgan fingerprint density at radius 3 is 2.31 bits per heavy atom. The zero-order valence-electron chi connectivity index (χ0n) is 19.4. The molecule has 2 atom stereocenters. The smallest absolute Gasteiger partial charge is 0.348 e. The van der Waals surface area contributed by atoms with Crippen LogP contribution in [0.2, 0.25) is 0 Å². The molecule has 1 fully saturated rings. The van der Waals surface area contributed by atoms with Gasteiger partial charge < -0.3 is 10.2 Å². The van der Waals surface area contributed by atoms with Crippen LogP contribution < -0.4 is 10.9 Å². The summed E-state index contributed by atoms with van der Waals surface area (Å²) in [6.07, 6.45) is -3.92. The highest BCUT2D eigenvalue weighted by molar-refractivity contribution is 6.00. The lowest BCUT2D eigenvalue weighted by Crippen LogP contribution is -2.37. The summed E-state index contributed by atoms with van der Waals surface area (Å²) in [4.78, 5) is 40.6. The minimum Gasteiger partial charge on any atom is -0.348 e. The molecule has 0 aliphatic heterocycles. The van der Waals surface area contributed by atoms with Crippen LogP contribution in [0.3, 0.4) is 0 Å². The summed E-state index contributed by atoms with van der Waals surface area (Å²) >= 11 is 0. The van der Waals surface area contributed by atoms with Crippen molar-refractivity contribution < 1.29 is 22.8 Å².